The average molecular weight is 397 g/mol. The van der Waals surface area contributed by atoms with Gasteiger partial charge in [-0.25, -0.2) is 8.42 Å². The fraction of sp³-hybridized carbons (Fsp3) is 0.100. The van der Waals surface area contributed by atoms with Crippen LogP contribution in [0.5, 0.6) is 0 Å². The summed E-state index contributed by atoms with van der Waals surface area (Å²) in [7, 11) is -3.70. The molecule has 0 atom stereocenters. The first-order valence-electron chi connectivity index (χ1n) is 8.41. The van der Waals surface area contributed by atoms with E-state index >= 15 is 0 Å². The highest BCUT2D eigenvalue weighted by Crippen LogP contribution is 2.28. The third-order valence-corrected chi connectivity index (χ3v) is 5.30. The van der Waals surface area contributed by atoms with Gasteiger partial charge in [-0.3, -0.25) is 13.9 Å². The van der Waals surface area contributed by atoms with Gasteiger partial charge in [0, 0.05) is 16.6 Å². The first-order chi connectivity index (χ1) is 13.3. The summed E-state index contributed by atoms with van der Waals surface area (Å²) in [5.74, 6) is -1.08. The first kappa shape index (κ1) is 19.4. The molecule has 2 amide bonds. The van der Waals surface area contributed by atoms with Crippen molar-refractivity contribution in [1.29, 1.82) is 0 Å². The van der Waals surface area contributed by atoms with Crippen molar-refractivity contribution >= 4 is 44.0 Å². The van der Waals surface area contributed by atoms with Gasteiger partial charge in [-0.1, -0.05) is 36.4 Å². The standard InChI is InChI=1S/C20H19N3O4S/c1-28(26,27)23(18-8-4-6-14-5-2-3-7-17(14)18)13-19(24)22-16-11-9-15(10-12-16)20(21)25/h2-12H,13H2,1H3,(H2,21,25)(H,22,24). The lowest BCUT2D eigenvalue weighted by atomic mass is 10.1. The SMILES string of the molecule is CS(=O)(=O)N(CC(=O)Nc1ccc(C(N)=O)cc1)c1cccc2ccccc12. The molecule has 0 heterocycles. The molecule has 0 saturated carbocycles. The highest BCUT2D eigenvalue weighted by Gasteiger charge is 2.22. The molecular formula is C20H19N3O4S. The fourth-order valence-corrected chi connectivity index (χ4v) is 3.72. The van der Waals surface area contributed by atoms with E-state index in [0.29, 0.717) is 16.9 Å². The predicted octanol–water partition coefficient (Wildman–Crippen LogP) is 2.34. The third-order valence-electron chi connectivity index (χ3n) is 4.18. The predicted molar refractivity (Wildman–Crippen MR) is 110 cm³/mol. The Morgan fingerprint density at radius 2 is 1.61 bits per heavy atom. The second-order valence-corrected chi connectivity index (χ2v) is 8.16. The maximum atomic E-state index is 12.5. The van der Waals surface area contributed by atoms with Crippen molar-refractivity contribution in [1.82, 2.24) is 0 Å². The summed E-state index contributed by atoms with van der Waals surface area (Å²) in [5, 5.41) is 4.23. The topological polar surface area (TPSA) is 110 Å². The van der Waals surface area contributed by atoms with E-state index in [1.165, 1.54) is 24.3 Å². The van der Waals surface area contributed by atoms with Gasteiger partial charge >= 0.3 is 0 Å². The molecule has 0 spiro atoms. The monoisotopic (exact) mass is 397 g/mol. The van der Waals surface area contributed by atoms with Crippen LogP contribution in [0.15, 0.2) is 66.7 Å². The Labute approximate surface area is 162 Å². The summed E-state index contributed by atoms with van der Waals surface area (Å²) in [6, 6.07) is 18.7. The lowest BCUT2D eigenvalue weighted by molar-refractivity contribution is -0.114. The Kier molecular flexibility index (Phi) is 5.32. The molecule has 28 heavy (non-hydrogen) atoms. The molecule has 0 saturated heterocycles. The quantitative estimate of drug-likeness (QED) is 0.665. The molecule has 0 unspecified atom stereocenters. The second-order valence-electron chi connectivity index (χ2n) is 6.26. The summed E-state index contributed by atoms with van der Waals surface area (Å²) >= 11 is 0. The van der Waals surface area contributed by atoms with Gasteiger partial charge in [0.05, 0.1) is 11.9 Å². The molecule has 0 fully saturated rings. The van der Waals surface area contributed by atoms with Crippen molar-refractivity contribution in [3.63, 3.8) is 0 Å². The summed E-state index contributed by atoms with van der Waals surface area (Å²) in [6.45, 7) is -0.385. The number of hydrogen-bond donors (Lipinski definition) is 2. The van der Waals surface area contributed by atoms with Crippen LogP contribution in [-0.2, 0) is 14.8 Å². The van der Waals surface area contributed by atoms with E-state index in [0.717, 1.165) is 21.3 Å². The molecule has 3 aromatic rings. The number of carbonyl (C=O) groups excluding carboxylic acids is 2. The van der Waals surface area contributed by atoms with Crippen LogP contribution in [0.4, 0.5) is 11.4 Å². The van der Waals surface area contributed by atoms with E-state index in [2.05, 4.69) is 5.32 Å². The summed E-state index contributed by atoms with van der Waals surface area (Å²) in [4.78, 5) is 23.6. The Morgan fingerprint density at radius 1 is 0.964 bits per heavy atom. The number of anilines is 2. The highest BCUT2D eigenvalue weighted by molar-refractivity contribution is 7.92. The van der Waals surface area contributed by atoms with E-state index in [1.54, 1.807) is 12.1 Å². The van der Waals surface area contributed by atoms with Gasteiger partial charge in [-0.15, -0.1) is 0 Å². The van der Waals surface area contributed by atoms with Crippen molar-refractivity contribution in [2.75, 3.05) is 22.4 Å². The molecule has 0 radical (unpaired) electrons. The van der Waals surface area contributed by atoms with Gasteiger partial charge < -0.3 is 11.1 Å². The molecule has 3 aromatic carbocycles. The van der Waals surface area contributed by atoms with E-state index < -0.39 is 21.8 Å². The highest BCUT2D eigenvalue weighted by atomic mass is 32.2. The van der Waals surface area contributed by atoms with Crippen molar-refractivity contribution in [3.8, 4) is 0 Å². The summed E-state index contributed by atoms with van der Waals surface area (Å²) in [5.41, 5.74) is 6.36. The van der Waals surface area contributed by atoms with Crippen LogP contribution >= 0.6 is 0 Å². The van der Waals surface area contributed by atoms with Gasteiger partial charge in [-0.2, -0.15) is 0 Å². The molecule has 144 valence electrons. The van der Waals surface area contributed by atoms with E-state index in [4.69, 9.17) is 5.73 Å². The second kappa shape index (κ2) is 7.69. The molecule has 0 aliphatic rings. The van der Waals surface area contributed by atoms with Crippen LogP contribution < -0.4 is 15.4 Å². The van der Waals surface area contributed by atoms with Gasteiger partial charge in [0.2, 0.25) is 21.8 Å². The molecule has 0 aliphatic carbocycles. The summed E-state index contributed by atoms with van der Waals surface area (Å²) in [6.07, 6.45) is 1.06. The van der Waals surface area contributed by atoms with Gasteiger partial charge in [-0.05, 0) is 35.7 Å². The maximum absolute atomic E-state index is 12.5. The number of carbonyl (C=O) groups is 2. The molecule has 0 bridgehead atoms. The van der Waals surface area contributed by atoms with Crippen LogP contribution in [0.2, 0.25) is 0 Å². The zero-order valence-electron chi connectivity index (χ0n) is 15.1. The number of fused-ring (bicyclic) bond motifs is 1. The first-order valence-corrected chi connectivity index (χ1v) is 10.3. The van der Waals surface area contributed by atoms with Crippen molar-refractivity contribution in [2.24, 2.45) is 5.73 Å². The van der Waals surface area contributed by atoms with E-state index in [9.17, 15) is 18.0 Å². The number of sulfonamides is 1. The lowest BCUT2D eigenvalue weighted by Gasteiger charge is -2.23. The normalized spacial score (nSPS) is 11.2. The molecule has 8 heteroatoms. The molecule has 0 aromatic heterocycles. The minimum atomic E-state index is -3.70. The third kappa shape index (κ3) is 4.29. The smallest absolute Gasteiger partial charge is 0.248 e. The number of nitrogens with one attached hydrogen (secondary N) is 1. The van der Waals surface area contributed by atoms with Gasteiger partial charge in [0.15, 0.2) is 0 Å². The van der Waals surface area contributed by atoms with Crippen molar-refractivity contribution in [3.05, 3.63) is 72.3 Å². The Morgan fingerprint density at radius 3 is 2.25 bits per heavy atom. The number of hydrogen-bond acceptors (Lipinski definition) is 4. The average Bonchev–Trinajstić information content (AvgIpc) is 2.65. The zero-order valence-corrected chi connectivity index (χ0v) is 15.9. The Hall–Kier alpha value is -3.39. The molecule has 3 rings (SSSR count). The number of primary amides is 1. The van der Waals surface area contributed by atoms with Crippen molar-refractivity contribution in [2.45, 2.75) is 0 Å². The zero-order chi connectivity index (χ0) is 20.3. The van der Waals surface area contributed by atoms with E-state index in [-0.39, 0.29) is 6.54 Å². The van der Waals surface area contributed by atoms with Crippen LogP contribution in [0.25, 0.3) is 10.8 Å². The minimum Gasteiger partial charge on any atom is -0.366 e. The molecule has 3 N–H and O–H groups in total. The van der Waals surface area contributed by atoms with Crippen molar-refractivity contribution < 1.29 is 18.0 Å². The summed E-state index contributed by atoms with van der Waals surface area (Å²) < 4.78 is 25.8. The number of rotatable bonds is 6. The largest absolute Gasteiger partial charge is 0.366 e. The van der Waals surface area contributed by atoms with Crippen LogP contribution in [0.1, 0.15) is 10.4 Å². The number of amides is 2. The number of nitrogens with two attached hydrogens (primary N) is 1. The lowest BCUT2D eigenvalue weighted by Crippen LogP contribution is -2.37. The molecule has 0 aliphatic heterocycles. The van der Waals surface area contributed by atoms with Crippen LogP contribution in [0, 0.1) is 0 Å². The fourth-order valence-electron chi connectivity index (χ4n) is 2.86. The number of benzene rings is 3. The maximum Gasteiger partial charge on any atom is 0.248 e. The minimum absolute atomic E-state index is 0.312. The number of nitrogens with zero attached hydrogens (tertiary/aromatic N) is 1. The Balaban J connectivity index is 1.87. The van der Waals surface area contributed by atoms with Crippen LogP contribution in [-0.4, -0.2) is 33.0 Å². The Bertz CT molecular complexity index is 1140. The molecular weight excluding hydrogens is 378 g/mol. The van der Waals surface area contributed by atoms with Crippen LogP contribution in [0.3, 0.4) is 0 Å². The van der Waals surface area contributed by atoms with Gasteiger partial charge in [0.25, 0.3) is 0 Å². The molecule has 7 nitrogen and oxygen atoms in total. The van der Waals surface area contributed by atoms with E-state index in [1.807, 2.05) is 30.3 Å². The van der Waals surface area contributed by atoms with Gasteiger partial charge in [0.1, 0.15) is 6.54 Å².